The van der Waals surface area contributed by atoms with Crippen molar-refractivity contribution in [1.29, 1.82) is 0 Å². The zero-order valence-electron chi connectivity index (χ0n) is 10.7. The second-order valence-corrected chi connectivity index (χ2v) is 4.88. The monoisotopic (exact) mass is 259 g/mol. The average Bonchev–Trinajstić information content (AvgIpc) is 2.84. The molecule has 19 heavy (non-hydrogen) atoms. The lowest BCUT2D eigenvalue weighted by molar-refractivity contribution is 0.319. The third-order valence-corrected chi connectivity index (χ3v) is 3.69. The first-order valence-electron chi connectivity index (χ1n) is 6.51. The maximum Gasteiger partial charge on any atom is 0.165 e. The molecule has 0 bridgehead atoms. The summed E-state index contributed by atoms with van der Waals surface area (Å²) >= 11 is 0. The highest BCUT2D eigenvalue weighted by Crippen LogP contribution is 2.26. The van der Waals surface area contributed by atoms with Crippen molar-refractivity contribution < 1.29 is 5.11 Å². The summed E-state index contributed by atoms with van der Waals surface area (Å²) in [4.78, 5) is 12.4. The summed E-state index contributed by atoms with van der Waals surface area (Å²) in [6, 6.07) is 0. The lowest BCUT2D eigenvalue weighted by Gasteiger charge is -2.19. The summed E-state index contributed by atoms with van der Waals surface area (Å²) in [5.74, 6) is 0.406. The van der Waals surface area contributed by atoms with Gasteiger partial charge in [-0.1, -0.05) is 0 Å². The van der Waals surface area contributed by atoms with Crippen LogP contribution in [0.2, 0.25) is 0 Å². The normalized spacial score (nSPS) is 16.3. The van der Waals surface area contributed by atoms with Crippen molar-refractivity contribution in [3.63, 3.8) is 0 Å². The number of nitrogens with zero attached hydrogens (tertiary/aromatic N) is 4. The Balaban J connectivity index is 1.97. The highest BCUT2D eigenvalue weighted by molar-refractivity contribution is 5.81. The number of aliphatic hydroxyl groups is 1. The van der Waals surface area contributed by atoms with Crippen LogP contribution < -0.4 is 5.73 Å². The molecule has 0 radical (unpaired) electrons. The number of imidazole rings is 1. The average molecular weight is 259 g/mol. The molecular formula is C13H17N5O. The number of hydrogen-bond donors (Lipinski definition) is 2. The lowest BCUT2D eigenvalue weighted by atomic mass is 9.92. The molecule has 0 fully saturated rings. The molecular weight excluding hydrogens is 242 g/mol. The first kappa shape index (κ1) is 12.1. The summed E-state index contributed by atoms with van der Waals surface area (Å²) in [5.41, 5.74) is 9.63. The zero-order chi connectivity index (χ0) is 13.2. The Morgan fingerprint density at radius 1 is 1.16 bits per heavy atom. The fourth-order valence-corrected chi connectivity index (χ4v) is 2.63. The first-order chi connectivity index (χ1) is 9.29. The van der Waals surface area contributed by atoms with Gasteiger partial charge in [0.1, 0.15) is 11.8 Å². The fourth-order valence-electron chi connectivity index (χ4n) is 2.63. The Kier molecular flexibility index (Phi) is 3.16. The van der Waals surface area contributed by atoms with E-state index in [1.54, 1.807) is 6.33 Å². The topological polar surface area (TPSA) is 89.9 Å². The summed E-state index contributed by atoms with van der Waals surface area (Å²) in [6.45, 7) is 0.877. The fraction of sp³-hybridized carbons (Fsp3) is 0.462. The molecule has 1 aliphatic rings. The van der Waals surface area contributed by atoms with Crippen LogP contribution >= 0.6 is 0 Å². The molecule has 0 unspecified atom stereocenters. The number of aliphatic hydroxyl groups excluding tert-OH is 1. The van der Waals surface area contributed by atoms with Crippen LogP contribution in [0.25, 0.3) is 11.2 Å². The smallest absolute Gasteiger partial charge is 0.165 e. The summed E-state index contributed by atoms with van der Waals surface area (Å²) < 4.78 is 1.98. The molecule has 3 N–H and O–H groups in total. The number of nitrogen functional groups attached to an aromatic ring is 1. The molecule has 0 amide bonds. The van der Waals surface area contributed by atoms with Gasteiger partial charge < -0.3 is 15.4 Å². The minimum absolute atomic E-state index is 0.152. The molecule has 0 aromatic carbocycles. The van der Waals surface area contributed by atoms with Crippen molar-refractivity contribution in [3.05, 3.63) is 23.8 Å². The Bertz CT molecular complexity index is 631. The van der Waals surface area contributed by atoms with Gasteiger partial charge in [-0.3, -0.25) is 0 Å². The Morgan fingerprint density at radius 3 is 2.74 bits per heavy atom. The molecule has 2 heterocycles. The number of aromatic nitrogens is 4. The van der Waals surface area contributed by atoms with Gasteiger partial charge in [0.15, 0.2) is 11.5 Å². The van der Waals surface area contributed by atoms with Crippen LogP contribution in [-0.2, 0) is 6.54 Å². The standard InChI is InChI=1S/C13H17N5O/c14-12-11-13(16-7-15-12)18(8-17-11)5-9-3-1-2-4-10(9)6-19/h7-8,19H,1-6H2,(H2,14,15,16). The highest BCUT2D eigenvalue weighted by Gasteiger charge is 2.14. The SMILES string of the molecule is Nc1ncnc2c1ncn2CC1=C(CO)CCCC1. The summed E-state index contributed by atoms with van der Waals surface area (Å²) in [7, 11) is 0. The van der Waals surface area contributed by atoms with E-state index >= 15 is 0 Å². The molecule has 0 atom stereocenters. The van der Waals surface area contributed by atoms with Crippen molar-refractivity contribution >= 4 is 17.0 Å². The maximum absolute atomic E-state index is 9.42. The van der Waals surface area contributed by atoms with Gasteiger partial charge in [-0.2, -0.15) is 0 Å². The van der Waals surface area contributed by atoms with Gasteiger partial charge in [0.05, 0.1) is 12.9 Å². The molecule has 0 saturated carbocycles. The molecule has 0 aliphatic heterocycles. The summed E-state index contributed by atoms with van der Waals surface area (Å²) in [6.07, 6.45) is 7.58. The van der Waals surface area contributed by atoms with Gasteiger partial charge >= 0.3 is 0 Å². The van der Waals surface area contributed by atoms with Gasteiger partial charge in [-0.15, -0.1) is 0 Å². The van der Waals surface area contributed by atoms with Crippen LogP contribution in [-0.4, -0.2) is 31.2 Å². The molecule has 100 valence electrons. The number of hydrogen-bond acceptors (Lipinski definition) is 5. The van der Waals surface area contributed by atoms with Crippen molar-refractivity contribution in [2.45, 2.75) is 32.2 Å². The number of fused-ring (bicyclic) bond motifs is 1. The molecule has 0 saturated heterocycles. The maximum atomic E-state index is 9.42. The molecule has 2 aromatic heterocycles. The van der Waals surface area contributed by atoms with Crippen LogP contribution in [0.4, 0.5) is 5.82 Å². The minimum Gasteiger partial charge on any atom is -0.392 e. The largest absolute Gasteiger partial charge is 0.392 e. The highest BCUT2D eigenvalue weighted by atomic mass is 16.3. The Morgan fingerprint density at radius 2 is 1.95 bits per heavy atom. The minimum atomic E-state index is 0.152. The van der Waals surface area contributed by atoms with Crippen molar-refractivity contribution in [3.8, 4) is 0 Å². The molecule has 2 aromatic rings. The second-order valence-electron chi connectivity index (χ2n) is 4.88. The van der Waals surface area contributed by atoms with Gasteiger partial charge in [-0.05, 0) is 36.8 Å². The Hall–Kier alpha value is -1.95. The van der Waals surface area contributed by atoms with Gasteiger partial charge in [-0.25, -0.2) is 15.0 Å². The quantitative estimate of drug-likeness (QED) is 0.810. The molecule has 3 rings (SSSR count). The van der Waals surface area contributed by atoms with Crippen LogP contribution in [0.15, 0.2) is 23.8 Å². The van der Waals surface area contributed by atoms with Gasteiger partial charge in [0.2, 0.25) is 0 Å². The number of nitrogens with two attached hydrogens (primary N) is 1. The predicted molar refractivity (Wildman–Crippen MR) is 72.3 cm³/mol. The van der Waals surface area contributed by atoms with Crippen molar-refractivity contribution in [2.75, 3.05) is 12.3 Å². The molecule has 1 aliphatic carbocycles. The van der Waals surface area contributed by atoms with Crippen LogP contribution in [0.5, 0.6) is 0 Å². The molecule has 6 heteroatoms. The van der Waals surface area contributed by atoms with E-state index in [0.29, 0.717) is 11.3 Å². The van der Waals surface area contributed by atoms with Crippen LogP contribution in [0.1, 0.15) is 25.7 Å². The van der Waals surface area contributed by atoms with E-state index in [9.17, 15) is 5.11 Å². The van der Waals surface area contributed by atoms with E-state index in [0.717, 1.165) is 30.6 Å². The van der Waals surface area contributed by atoms with E-state index < -0.39 is 0 Å². The van der Waals surface area contributed by atoms with E-state index in [2.05, 4.69) is 15.0 Å². The van der Waals surface area contributed by atoms with Gasteiger partial charge in [0, 0.05) is 6.54 Å². The van der Waals surface area contributed by atoms with E-state index in [1.165, 1.54) is 24.7 Å². The van der Waals surface area contributed by atoms with Crippen LogP contribution in [0.3, 0.4) is 0 Å². The number of allylic oxidation sites excluding steroid dienone is 1. The zero-order valence-corrected chi connectivity index (χ0v) is 10.7. The Labute approximate surface area is 111 Å². The van der Waals surface area contributed by atoms with E-state index in [1.807, 2.05) is 4.57 Å². The van der Waals surface area contributed by atoms with Crippen molar-refractivity contribution in [1.82, 2.24) is 19.5 Å². The van der Waals surface area contributed by atoms with Crippen molar-refractivity contribution in [2.24, 2.45) is 0 Å². The summed E-state index contributed by atoms with van der Waals surface area (Å²) in [5, 5.41) is 9.42. The van der Waals surface area contributed by atoms with Gasteiger partial charge in [0.25, 0.3) is 0 Å². The third-order valence-electron chi connectivity index (χ3n) is 3.69. The van der Waals surface area contributed by atoms with E-state index in [-0.39, 0.29) is 6.61 Å². The van der Waals surface area contributed by atoms with E-state index in [4.69, 9.17) is 5.73 Å². The molecule has 0 spiro atoms. The second kappa shape index (κ2) is 4.97. The van der Waals surface area contributed by atoms with Crippen LogP contribution in [0, 0.1) is 0 Å². The first-order valence-corrected chi connectivity index (χ1v) is 6.51. The third kappa shape index (κ3) is 2.19. The predicted octanol–water partition coefficient (Wildman–Crippen LogP) is 1.27. The lowest BCUT2D eigenvalue weighted by Crippen LogP contribution is -2.10. The number of anilines is 1. The number of rotatable bonds is 3. The molecule has 6 nitrogen and oxygen atoms in total.